The first-order valence-electron chi connectivity index (χ1n) is 8.18. The number of para-hydroxylation sites is 1. The van der Waals surface area contributed by atoms with Gasteiger partial charge in [-0.1, -0.05) is 46.3 Å². The van der Waals surface area contributed by atoms with E-state index in [1.54, 1.807) is 18.4 Å². The van der Waals surface area contributed by atoms with Gasteiger partial charge >= 0.3 is 0 Å². The molecule has 26 heavy (non-hydrogen) atoms. The van der Waals surface area contributed by atoms with Gasteiger partial charge in [0.2, 0.25) is 4.80 Å². The fraction of sp³-hybridized carbons (Fsp3) is 0.100. The van der Waals surface area contributed by atoms with Gasteiger partial charge in [0.05, 0.1) is 11.9 Å². The molecule has 0 spiro atoms. The van der Waals surface area contributed by atoms with Crippen molar-refractivity contribution in [2.24, 2.45) is 10.1 Å². The Morgan fingerprint density at radius 1 is 1.12 bits per heavy atom. The predicted molar refractivity (Wildman–Crippen MR) is 113 cm³/mol. The van der Waals surface area contributed by atoms with Crippen molar-refractivity contribution >= 4 is 44.4 Å². The van der Waals surface area contributed by atoms with Crippen molar-refractivity contribution in [1.82, 2.24) is 9.66 Å². The smallest absolute Gasteiger partial charge is 0.205 e. The van der Waals surface area contributed by atoms with Crippen molar-refractivity contribution in [2.45, 2.75) is 6.92 Å². The van der Waals surface area contributed by atoms with E-state index in [1.165, 1.54) is 5.39 Å². The summed E-state index contributed by atoms with van der Waals surface area (Å²) in [5.41, 5.74) is 5.45. The Morgan fingerprint density at radius 3 is 2.65 bits per heavy atom. The third-order valence-electron chi connectivity index (χ3n) is 4.26. The second kappa shape index (κ2) is 7.05. The number of hydrogen-bond acceptors (Lipinski definition) is 3. The predicted octanol–water partition coefficient (Wildman–Crippen LogP) is 5.18. The Bertz CT molecular complexity index is 1160. The topological polar surface area (TPSA) is 45.4 Å². The van der Waals surface area contributed by atoms with E-state index in [4.69, 9.17) is 5.10 Å². The molecule has 1 N–H and O–H groups in total. The second-order valence-corrected chi connectivity index (χ2v) is 7.65. The summed E-state index contributed by atoms with van der Waals surface area (Å²) in [5.74, 6) is 0. The van der Waals surface area contributed by atoms with Gasteiger partial charge in [0.25, 0.3) is 0 Å². The highest BCUT2D eigenvalue weighted by atomic mass is 79.9. The van der Waals surface area contributed by atoms with Gasteiger partial charge in [-0.15, -0.1) is 11.3 Å². The Morgan fingerprint density at radius 2 is 1.88 bits per heavy atom. The van der Waals surface area contributed by atoms with Gasteiger partial charge in [0.15, 0.2) is 0 Å². The van der Waals surface area contributed by atoms with E-state index in [9.17, 15) is 0 Å². The lowest BCUT2D eigenvalue weighted by Crippen LogP contribution is -2.11. The molecule has 0 radical (unpaired) electrons. The van der Waals surface area contributed by atoms with Crippen LogP contribution in [-0.2, 0) is 0 Å². The van der Waals surface area contributed by atoms with Crippen LogP contribution in [0.3, 0.4) is 0 Å². The summed E-state index contributed by atoms with van der Waals surface area (Å²) in [6, 6.07) is 16.5. The highest BCUT2D eigenvalue weighted by Gasteiger charge is 2.09. The van der Waals surface area contributed by atoms with E-state index in [-0.39, 0.29) is 0 Å². The summed E-state index contributed by atoms with van der Waals surface area (Å²) >= 11 is 5.07. The van der Waals surface area contributed by atoms with Crippen molar-refractivity contribution in [3.05, 3.63) is 74.4 Å². The molecule has 0 saturated carbocycles. The lowest BCUT2D eigenvalue weighted by atomic mass is 10.1. The Labute approximate surface area is 163 Å². The Balaban J connectivity index is 1.83. The molecular weight excluding hydrogens is 408 g/mol. The van der Waals surface area contributed by atoms with Gasteiger partial charge in [0, 0.05) is 44.6 Å². The number of aromatic nitrogens is 2. The first kappa shape index (κ1) is 17.0. The minimum Gasteiger partial charge on any atom is -0.358 e. The van der Waals surface area contributed by atoms with E-state index in [0.717, 1.165) is 37.3 Å². The van der Waals surface area contributed by atoms with E-state index in [1.807, 2.05) is 35.2 Å². The molecule has 0 saturated heterocycles. The summed E-state index contributed by atoms with van der Waals surface area (Å²) in [5, 5.41) is 8.03. The number of benzene rings is 2. The molecule has 4 rings (SSSR count). The molecule has 2 heterocycles. The first-order chi connectivity index (χ1) is 12.7. The summed E-state index contributed by atoms with van der Waals surface area (Å²) in [7, 11) is 1.79. The Kier molecular flexibility index (Phi) is 4.61. The quantitative estimate of drug-likeness (QED) is 0.440. The number of rotatable bonds is 3. The molecule has 130 valence electrons. The number of halogens is 1. The van der Waals surface area contributed by atoms with Crippen LogP contribution < -0.4 is 4.80 Å². The zero-order valence-electron chi connectivity index (χ0n) is 14.4. The maximum Gasteiger partial charge on any atom is 0.205 e. The largest absolute Gasteiger partial charge is 0.358 e. The van der Waals surface area contributed by atoms with Crippen LogP contribution >= 0.6 is 27.3 Å². The van der Waals surface area contributed by atoms with Crippen LogP contribution in [0.5, 0.6) is 0 Å². The van der Waals surface area contributed by atoms with E-state index < -0.39 is 0 Å². The van der Waals surface area contributed by atoms with Gasteiger partial charge in [-0.3, -0.25) is 4.99 Å². The summed E-state index contributed by atoms with van der Waals surface area (Å²) in [6.07, 6.45) is 1.91. The molecule has 0 aliphatic carbocycles. The molecule has 0 aliphatic heterocycles. The number of nitrogens with zero attached hydrogens (tertiary/aromatic N) is 3. The molecule has 0 amide bonds. The van der Waals surface area contributed by atoms with Crippen molar-refractivity contribution in [1.29, 1.82) is 0 Å². The molecule has 0 fully saturated rings. The monoisotopic (exact) mass is 424 g/mol. The van der Waals surface area contributed by atoms with Crippen LogP contribution in [0.2, 0.25) is 0 Å². The van der Waals surface area contributed by atoms with Gasteiger partial charge < -0.3 is 4.98 Å². The molecule has 0 atom stereocenters. The number of thiazole rings is 1. The zero-order chi connectivity index (χ0) is 18.1. The van der Waals surface area contributed by atoms with Crippen LogP contribution in [0.25, 0.3) is 22.2 Å². The average Bonchev–Trinajstić information content (AvgIpc) is 3.20. The fourth-order valence-electron chi connectivity index (χ4n) is 2.96. The van der Waals surface area contributed by atoms with E-state index in [2.05, 4.69) is 62.5 Å². The van der Waals surface area contributed by atoms with Crippen LogP contribution in [0, 0.1) is 6.92 Å². The van der Waals surface area contributed by atoms with Gasteiger partial charge in [-0.25, -0.2) is 4.68 Å². The van der Waals surface area contributed by atoms with Crippen LogP contribution in [-0.4, -0.2) is 22.9 Å². The van der Waals surface area contributed by atoms with Crippen molar-refractivity contribution in [2.75, 3.05) is 7.05 Å². The maximum absolute atomic E-state index is 4.77. The molecule has 2 aromatic heterocycles. The molecule has 4 nitrogen and oxygen atoms in total. The fourth-order valence-corrected chi connectivity index (χ4v) is 4.03. The number of aryl methyl sites for hydroxylation is 1. The van der Waals surface area contributed by atoms with E-state index >= 15 is 0 Å². The van der Waals surface area contributed by atoms with E-state index in [0.29, 0.717) is 0 Å². The average molecular weight is 425 g/mol. The minimum atomic E-state index is 0.858. The normalized spacial score (nSPS) is 12.5. The number of fused-ring (bicyclic) bond motifs is 1. The van der Waals surface area contributed by atoms with Crippen LogP contribution in [0.15, 0.2) is 68.5 Å². The lowest BCUT2D eigenvalue weighted by molar-refractivity contribution is 0.848. The first-order valence-corrected chi connectivity index (χ1v) is 9.85. The van der Waals surface area contributed by atoms with Gasteiger partial charge in [-0.05, 0) is 25.1 Å². The maximum atomic E-state index is 4.77. The second-order valence-electron chi connectivity index (χ2n) is 5.90. The number of hydrogen-bond donors (Lipinski definition) is 1. The molecule has 0 unspecified atom stereocenters. The lowest BCUT2D eigenvalue weighted by Gasteiger charge is -2.03. The third kappa shape index (κ3) is 3.06. The minimum absolute atomic E-state index is 0.858. The molecule has 0 bridgehead atoms. The number of nitrogens with one attached hydrogen (secondary N) is 1. The summed E-state index contributed by atoms with van der Waals surface area (Å²) in [4.78, 5) is 8.64. The van der Waals surface area contributed by atoms with Gasteiger partial charge in [-0.2, -0.15) is 5.10 Å². The molecule has 6 heteroatoms. The van der Waals surface area contributed by atoms with Crippen molar-refractivity contribution in [3.63, 3.8) is 0 Å². The zero-order valence-corrected chi connectivity index (χ0v) is 16.8. The van der Waals surface area contributed by atoms with Crippen LogP contribution in [0.1, 0.15) is 11.3 Å². The molecule has 2 aromatic carbocycles. The standard InChI is InChI=1S/C20H17BrN4S/c1-13-17(16-5-3-4-6-18(16)24-13)11-23-25-19(12-26-20(25)22-2)14-7-9-15(21)10-8-14/h3-12,24H,1-2H3/b22-20?,23-11+. The SMILES string of the molecule is CN=c1scc(-c2ccc(Br)cc2)n1/N=C/c1c(C)[nH]c2ccccc12. The molecule has 4 aromatic rings. The van der Waals surface area contributed by atoms with Crippen LogP contribution in [0.4, 0.5) is 0 Å². The molecular formula is C20H17BrN4S. The number of H-pyrrole nitrogens is 1. The van der Waals surface area contributed by atoms with Gasteiger partial charge in [0.1, 0.15) is 0 Å². The van der Waals surface area contributed by atoms with Crippen molar-refractivity contribution in [3.8, 4) is 11.3 Å². The third-order valence-corrected chi connectivity index (χ3v) is 5.70. The molecule has 0 aliphatic rings. The highest BCUT2D eigenvalue weighted by Crippen LogP contribution is 2.23. The summed E-state index contributed by atoms with van der Waals surface area (Å²) < 4.78 is 2.95. The summed E-state index contributed by atoms with van der Waals surface area (Å²) in [6.45, 7) is 2.07. The number of aromatic amines is 1. The Hall–Kier alpha value is -2.44. The van der Waals surface area contributed by atoms with Crippen molar-refractivity contribution < 1.29 is 0 Å². The highest BCUT2D eigenvalue weighted by molar-refractivity contribution is 9.10.